The lowest BCUT2D eigenvalue weighted by molar-refractivity contribution is -0.137. The molecule has 1 saturated carbocycles. The van der Waals surface area contributed by atoms with E-state index in [2.05, 4.69) is 10.2 Å². The van der Waals surface area contributed by atoms with E-state index in [1.165, 1.54) is 10.5 Å². The molecule has 2 N–H and O–H groups in total. The zero-order valence-corrected chi connectivity index (χ0v) is 10.8. The summed E-state index contributed by atoms with van der Waals surface area (Å²) < 4.78 is 39.8. The van der Waals surface area contributed by atoms with E-state index in [0.29, 0.717) is 11.5 Å². The Morgan fingerprint density at radius 3 is 2.70 bits per heavy atom. The van der Waals surface area contributed by atoms with Crippen LogP contribution < -0.4 is 5.73 Å². The molecule has 0 saturated heterocycles. The minimum atomic E-state index is -4.36. The van der Waals surface area contributed by atoms with Crippen LogP contribution >= 0.6 is 0 Å². The lowest BCUT2D eigenvalue weighted by Gasteiger charge is -2.25. The molecule has 0 aliphatic heterocycles. The first-order chi connectivity index (χ1) is 9.45. The summed E-state index contributed by atoms with van der Waals surface area (Å²) in [5.74, 6) is 0.665. The van der Waals surface area contributed by atoms with Crippen LogP contribution in [0.15, 0.2) is 18.3 Å². The number of fused-ring (bicyclic) bond motifs is 1. The molecule has 4 nitrogen and oxygen atoms in total. The number of hydrogen-bond acceptors (Lipinski definition) is 3. The first-order valence-corrected chi connectivity index (χ1v) is 6.62. The van der Waals surface area contributed by atoms with Crippen molar-refractivity contribution in [3.05, 3.63) is 29.7 Å². The molecule has 2 aromatic rings. The van der Waals surface area contributed by atoms with E-state index in [0.717, 1.165) is 37.9 Å². The van der Waals surface area contributed by atoms with Crippen molar-refractivity contribution < 1.29 is 13.2 Å². The maximum atomic E-state index is 12.8. The summed E-state index contributed by atoms with van der Waals surface area (Å²) in [5.41, 5.74) is 5.69. The van der Waals surface area contributed by atoms with Crippen LogP contribution in [-0.2, 0) is 6.18 Å². The van der Waals surface area contributed by atoms with Gasteiger partial charge in [-0.05, 0) is 31.4 Å². The van der Waals surface area contributed by atoms with E-state index in [-0.39, 0.29) is 12.0 Å². The predicted molar refractivity (Wildman–Crippen MR) is 67.2 cm³/mol. The van der Waals surface area contributed by atoms with Gasteiger partial charge < -0.3 is 5.73 Å². The Hall–Kier alpha value is -1.63. The monoisotopic (exact) mass is 284 g/mol. The molecule has 1 aliphatic carbocycles. The van der Waals surface area contributed by atoms with Crippen LogP contribution in [0.1, 0.15) is 43.0 Å². The van der Waals surface area contributed by atoms with E-state index < -0.39 is 11.7 Å². The molecular formula is C13H15F3N4. The first kappa shape index (κ1) is 13.4. The second-order valence-electron chi connectivity index (χ2n) is 5.33. The maximum absolute atomic E-state index is 12.8. The van der Waals surface area contributed by atoms with E-state index in [9.17, 15) is 13.2 Å². The van der Waals surface area contributed by atoms with Gasteiger partial charge in [-0.3, -0.25) is 4.40 Å². The number of hydrogen-bond donors (Lipinski definition) is 1. The van der Waals surface area contributed by atoms with Crippen LogP contribution in [0.25, 0.3) is 5.65 Å². The molecule has 0 spiro atoms. The molecular weight excluding hydrogens is 269 g/mol. The number of alkyl halides is 3. The van der Waals surface area contributed by atoms with Crippen molar-refractivity contribution in [1.29, 1.82) is 0 Å². The normalized spacial score (nSPS) is 24.2. The molecule has 0 radical (unpaired) electrons. The molecule has 2 aromatic heterocycles. The summed E-state index contributed by atoms with van der Waals surface area (Å²) in [6.07, 6.45) is 0.284. The third kappa shape index (κ3) is 2.37. The van der Waals surface area contributed by atoms with E-state index in [1.54, 1.807) is 0 Å². The van der Waals surface area contributed by atoms with Gasteiger partial charge in [-0.1, -0.05) is 6.42 Å². The summed E-state index contributed by atoms with van der Waals surface area (Å²) in [5, 5.41) is 8.01. The molecule has 2 atom stereocenters. The van der Waals surface area contributed by atoms with Gasteiger partial charge in [0, 0.05) is 18.2 Å². The molecule has 108 valence electrons. The van der Waals surface area contributed by atoms with E-state index >= 15 is 0 Å². The molecule has 2 heterocycles. The number of rotatable bonds is 1. The smallest absolute Gasteiger partial charge is 0.328 e. The number of nitrogens with two attached hydrogens (primary N) is 1. The van der Waals surface area contributed by atoms with Gasteiger partial charge >= 0.3 is 6.18 Å². The third-order valence-electron chi connectivity index (χ3n) is 3.84. The van der Waals surface area contributed by atoms with Crippen molar-refractivity contribution in [1.82, 2.24) is 14.6 Å². The van der Waals surface area contributed by atoms with Gasteiger partial charge in [0.15, 0.2) is 5.65 Å². The van der Waals surface area contributed by atoms with Gasteiger partial charge in [-0.2, -0.15) is 13.2 Å². The highest BCUT2D eigenvalue weighted by atomic mass is 19.4. The van der Waals surface area contributed by atoms with E-state index in [4.69, 9.17) is 5.73 Å². The Balaban J connectivity index is 2.03. The Kier molecular flexibility index (Phi) is 3.16. The van der Waals surface area contributed by atoms with Gasteiger partial charge in [0.1, 0.15) is 5.82 Å². The summed E-state index contributed by atoms with van der Waals surface area (Å²) in [6.45, 7) is 0. The average molecular weight is 284 g/mol. The number of pyridine rings is 1. The summed E-state index contributed by atoms with van der Waals surface area (Å²) >= 11 is 0. The lowest BCUT2D eigenvalue weighted by atomic mass is 9.85. The van der Waals surface area contributed by atoms with Crippen molar-refractivity contribution >= 4 is 5.65 Å². The second kappa shape index (κ2) is 4.73. The Bertz CT molecular complexity index is 620. The fourth-order valence-corrected chi connectivity index (χ4v) is 2.82. The highest BCUT2D eigenvalue weighted by Crippen LogP contribution is 2.33. The highest BCUT2D eigenvalue weighted by molar-refractivity contribution is 5.40. The zero-order valence-electron chi connectivity index (χ0n) is 10.8. The number of nitrogens with zero attached hydrogens (tertiary/aromatic N) is 3. The van der Waals surface area contributed by atoms with Crippen molar-refractivity contribution in [2.24, 2.45) is 5.73 Å². The van der Waals surface area contributed by atoms with Crippen molar-refractivity contribution in [2.75, 3.05) is 0 Å². The molecule has 2 unspecified atom stereocenters. The predicted octanol–water partition coefficient (Wildman–Crippen LogP) is 2.73. The SMILES string of the molecule is NC1CCCC(c2nnc3ccc(C(F)(F)F)cn23)C1. The van der Waals surface area contributed by atoms with Gasteiger partial charge in [-0.15, -0.1) is 10.2 Å². The quantitative estimate of drug-likeness (QED) is 0.876. The van der Waals surface area contributed by atoms with Crippen LogP contribution in [0.3, 0.4) is 0 Å². The molecule has 1 aliphatic rings. The van der Waals surface area contributed by atoms with E-state index in [1.807, 2.05) is 0 Å². The van der Waals surface area contributed by atoms with Gasteiger partial charge in [0.2, 0.25) is 0 Å². The highest BCUT2D eigenvalue weighted by Gasteiger charge is 2.32. The number of aromatic nitrogens is 3. The number of halogens is 3. The van der Waals surface area contributed by atoms with Crippen LogP contribution in [-0.4, -0.2) is 20.6 Å². The average Bonchev–Trinajstić information content (AvgIpc) is 2.80. The van der Waals surface area contributed by atoms with Crippen molar-refractivity contribution in [3.8, 4) is 0 Å². The second-order valence-corrected chi connectivity index (χ2v) is 5.33. The zero-order chi connectivity index (χ0) is 14.3. The molecule has 7 heteroatoms. The standard InChI is InChI=1S/C13H15F3N4/c14-13(15,16)9-4-5-11-18-19-12(20(11)7-9)8-2-1-3-10(17)6-8/h4-5,7-8,10H,1-3,6,17H2. The van der Waals surface area contributed by atoms with Crippen LogP contribution in [0.2, 0.25) is 0 Å². The Morgan fingerprint density at radius 1 is 1.20 bits per heavy atom. The van der Waals surface area contributed by atoms with Crippen LogP contribution in [0.4, 0.5) is 13.2 Å². The third-order valence-corrected chi connectivity index (χ3v) is 3.84. The molecule has 0 aromatic carbocycles. The minimum Gasteiger partial charge on any atom is -0.328 e. The summed E-state index contributed by atoms with van der Waals surface area (Å²) in [4.78, 5) is 0. The minimum absolute atomic E-state index is 0.0808. The largest absolute Gasteiger partial charge is 0.417 e. The molecule has 1 fully saturated rings. The van der Waals surface area contributed by atoms with Gasteiger partial charge in [-0.25, -0.2) is 0 Å². The van der Waals surface area contributed by atoms with Gasteiger partial charge in [0.05, 0.1) is 5.56 Å². The lowest BCUT2D eigenvalue weighted by Crippen LogP contribution is -2.27. The van der Waals surface area contributed by atoms with Crippen molar-refractivity contribution in [2.45, 2.75) is 43.8 Å². The summed E-state index contributed by atoms with van der Waals surface area (Å²) in [6, 6.07) is 2.47. The topological polar surface area (TPSA) is 56.2 Å². The molecule has 0 amide bonds. The van der Waals surface area contributed by atoms with Gasteiger partial charge in [0.25, 0.3) is 0 Å². The Morgan fingerprint density at radius 2 is 2.00 bits per heavy atom. The molecule has 0 bridgehead atoms. The first-order valence-electron chi connectivity index (χ1n) is 6.62. The summed E-state index contributed by atoms with van der Waals surface area (Å²) in [7, 11) is 0. The molecule has 20 heavy (non-hydrogen) atoms. The molecule has 3 rings (SSSR count). The maximum Gasteiger partial charge on any atom is 0.417 e. The van der Waals surface area contributed by atoms with Crippen LogP contribution in [0, 0.1) is 0 Å². The van der Waals surface area contributed by atoms with Crippen LogP contribution in [0.5, 0.6) is 0 Å². The fraction of sp³-hybridized carbons (Fsp3) is 0.538. The Labute approximate surface area is 113 Å². The van der Waals surface area contributed by atoms with Crippen molar-refractivity contribution in [3.63, 3.8) is 0 Å². The fourth-order valence-electron chi connectivity index (χ4n) is 2.82.